The van der Waals surface area contributed by atoms with Gasteiger partial charge in [-0.05, 0) is 6.07 Å². The molecule has 8 heteroatoms. The fraction of sp³-hybridized carbons (Fsp3) is 0.357. The van der Waals surface area contributed by atoms with Crippen molar-refractivity contribution in [1.82, 2.24) is 15.1 Å². The first kappa shape index (κ1) is 16.2. The summed E-state index contributed by atoms with van der Waals surface area (Å²) in [6.45, 7) is -0.0420. The number of amides is 4. The van der Waals surface area contributed by atoms with Crippen molar-refractivity contribution >= 4 is 29.4 Å². The molecule has 0 aliphatic carbocycles. The minimum atomic E-state index is -0.832. The molecule has 2 rings (SSSR count). The van der Waals surface area contributed by atoms with Crippen LogP contribution in [0.3, 0.4) is 0 Å². The van der Waals surface area contributed by atoms with Crippen molar-refractivity contribution in [3.05, 3.63) is 34.6 Å². The predicted octanol–water partition coefficient (Wildman–Crippen LogP) is 1.38. The number of likely N-dealkylation sites (N-methyl/N-ethyl adjacent to an activating group) is 2. The first-order chi connectivity index (χ1) is 10.3. The van der Waals surface area contributed by atoms with Gasteiger partial charge < -0.3 is 10.2 Å². The molecule has 6 nitrogen and oxygen atoms in total. The normalized spacial score (nSPS) is 18.1. The van der Waals surface area contributed by atoms with E-state index in [4.69, 9.17) is 11.6 Å². The highest BCUT2D eigenvalue weighted by molar-refractivity contribution is 6.30. The number of urea groups is 1. The van der Waals surface area contributed by atoms with Crippen LogP contribution in [-0.4, -0.2) is 47.8 Å². The lowest BCUT2D eigenvalue weighted by Gasteiger charge is -2.15. The van der Waals surface area contributed by atoms with E-state index in [1.54, 1.807) is 6.07 Å². The molecule has 0 saturated carbocycles. The van der Waals surface area contributed by atoms with Gasteiger partial charge in [-0.3, -0.25) is 14.5 Å². The quantitative estimate of drug-likeness (QED) is 0.849. The van der Waals surface area contributed by atoms with Crippen LogP contribution in [0.2, 0.25) is 5.02 Å². The second-order valence-electron chi connectivity index (χ2n) is 5.00. The highest BCUT2D eigenvalue weighted by Crippen LogP contribution is 2.18. The molecule has 1 aromatic carbocycles. The third-order valence-electron chi connectivity index (χ3n) is 3.56. The molecule has 0 spiro atoms. The molecule has 1 aliphatic rings. The number of halogens is 2. The van der Waals surface area contributed by atoms with Crippen molar-refractivity contribution in [2.75, 3.05) is 14.1 Å². The zero-order valence-electron chi connectivity index (χ0n) is 12.1. The number of imide groups is 1. The Kier molecular flexibility index (Phi) is 4.65. The molecule has 0 bridgehead atoms. The number of hydrogen-bond acceptors (Lipinski definition) is 3. The lowest BCUT2D eigenvalue weighted by atomic mass is 10.1. The maximum absolute atomic E-state index is 13.7. The van der Waals surface area contributed by atoms with E-state index < -0.39 is 29.7 Å². The monoisotopic (exact) mass is 327 g/mol. The average molecular weight is 328 g/mol. The summed E-state index contributed by atoms with van der Waals surface area (Å²) in [5, 5.41) is 2.49. The molecule has 1 aromatic rings. The molecule has 1 aliphatic heterocycles. The molecule has 1 saturated heterocycles. The predicted molar refractivity (Wildman–Crippen MR) is 77.6 cm³/mol. The molecule has 0 radical (unpaired) electrons. The number of carbonyl (C=O) groups excluding carboxylic acids is 3. The summed E-state index contributed by atoms with van der Waals surface area (Å²) < 4.78 is 13.7. The average Bonchev–Trinajstić information content (AvgIpc) is 2.67. The summed E-state index contributed by atoms with van der Waals surface area (Å²) in [6, 6.07) is 3.21. The van der Waals surface area contributed by atoms with Crippen LogP contribution < -0.4 is 5.32 Å². The Morgan fingerprint density at radius 2 is 2.05 bits per heavy atom. The van der Waals surface area contributed by atoms with Gasteiger partial charge in [-0.2, -0.15) is 0 Å². The van der Waals surface area contributed by atoms with Crippen LogP contribution >= 0.6 is 11.6 Å². The van der Waals surface area contributed by atoms with Gasteiger partial charge in [-0.1, -0.05) is 23.7 Å². The van der Waals surface area contributed by atoms with E-state index in [0.29, 0.717) is 0 Å². The number of nitrogens with zero attached hydrogens (tertiary/aromatic N) is 2. The summed E-state index contributed by atoms with van der Waals surface area (Å²) in [5.41, 5.74) is 0.250. The summed E-state index contributed by atoms with van der Waals surface area (Å²) in [5.74, 6) is -1.47. The van der Waals surface area contributed by atoms with Crippen LogP contribution in [0.1, 0.15) is 12.0 Å². The zero-order chi connectivity index (χ0) is 16.4. The molecular weight excluding hydrogens is 313 g/mol. The molecule has 118 valence electrons. The maximum Gasteiger partial charge on any atom is 0.326 e. The van der Waals surface area contributed by atoms with Gasteiger partial charge in [0.1, 0.15) is 11.9 Å². The first-order valence-electron chi connectivity index (χ1n) is 6.57. The summed E-state index contributed by atoms with van der Waals surface area (Å²) in [7, 11) is 2.82. The Bertz CT molecular complexity index is 638. The molecule has 1 N–H and O–H groups in total. The molecule has 1 atom stereocenters. The van der Waals surface area contributed by atoms with Crippen molar-refractivity contribution in [1.29, 1.82) is 0 Å². The third-order valence-corrected chi connectivity index (χ3v) is 3.85. The van der Waals surface area contributed by atoms with Crippen LogP contribution in [0.5, 0.6) is 0 Å². The van der Waals surface area contributed by atoms with Gasteiger partial charge in [-0.25, -0.2) is 9.18 Å². The largest absolute Gasteiger partial charge is 0.352 e. The number of carbonyl (C=O) groups is 3. The van der Waals surface area contributed by atoms with Crippen molar-refractivity contribution < 1.29 is 18.8 Å². The summed E-state index contributed by atoms with van der Waals surface area (Å²) in [4.78, 5) is 37.5. The Hall–Kier alpha value is -2.15. The van der Waals surface area contributed by atoms with Crippen molar-refractivity contribution in [3.63, 3.8) is 0 Å². The van der Waals surface area contributed by atoms with Gasteiger partial charge in [0.2, 0.25) is 5.91 Å². The lowest BCUT2D eigenvalue weighted by Crippen LogP contribution is -2.37. The summed E-state index contributed by atoms with van der Waals surface area (Å²) in [6.07, 6.45) is -0.173. The molecule has 22 heavy (non-hydrogen) atoms. The topological polar surface area (TPSA) is 69.7 Å². The fourth-order valence-corrected chi connectivity index (χ4v) is 2.40. The second-order valence-corrected chi connectivity index (χ2v) is 5.41. The lowest BCUT2D eigenvalue weighted by molar-refractivity contribution is -0.131. The molecule has 0 unspecified atom stereocenters. The van der Waals surface area contributed by atoms with Crippen LogP contribution in [0.4, 0.5) is 9.18 Å². The highest BCUT2D eigenvalue weighted by Gasteiger charge is 2.41. The van der Waals surface area contributed by atoms with Gasteiger partial charge in [0.05, 0.1) is 11.4 Å². The molecule has 1 heterocycles. The number of benzene rings is 1. The maximum atomic E-state index is 13.7. The second kappa shape index (κ2) is 6.31. The Balaban J connectivity index is 1.95. The standard InChI is InChI=1S/C14H15ClFN3O3/c1-18-10(13(21)19(2)14(18)22)6-11(20)17-7-8-4-3-5-9(15)12(8)16/h3-5,10H,6-7H2,1-2H3,(H,17,20)/t10-/m0/s1. The Morgan fingerprint density at radius 1 is 1.36 bits per heavy atom. The van der Waals surface area contributed by atoms with Gasteiger partial charge in [0.15, 0.2) is 0 Å². The minimum Gasteiger partial charge on any atom is -0.352 e. The molecule has 0 aromatic heterocycles. The third kappa shape index (κ3) is 3.04. The highest BCUT2D eigenvalue weighted by atomic mass is 35.5. The smallest absolute Gasteiger partial charge is 0.326 e. The van der Waals surface area contributed by atoms with E-state index in [9.17, 15) is 18.8 Å². The van der Waals surface area contributed by atoms with E-state index in [-0.39, 0.29) is 23.6 Å². The van der Waals surface area contributed by atoms with Crippen molar-refractivity contribution in [2.24, 2.45) is 0 Å². The molecular formula is C14H15ClFN3O3. The van der Waals surface area contributed by atoms with E-state index >= 15 is 0 Å². The fourth-order valence-electron chi connectivity index (χ4n) is 2.20. The molecule has 4 amide bonds. The Labute approximate surface area is 131 Å². The van der Waals surface area contributed by atoms with E-state index in [1.165, 1.54) is 31.1 Å². The zero-order valence-corrected chi connectivity index (χ0v) is 12.9. The SMILES string of the molecule is CN1C(=O)[C@H](CC(=O)NCc2cccc(Cl)c2F)N(C)C1=O. The van der Waals surface area contributed by atoms with Crippen LogP contribution in [-0.2, 0) is 16.1 Å². The Morgan fingerprint density at radius 3 is 2.64 bits per heavy atom. The van der Waals surface area contributed by atoms with Gasteiger partial charge >= 0.3 is 6.03 Å². The van der Waals surface area contributed by atoms with Gasteiger partial charge in [0, 0.05) is 26.2 Å². The van der Waals surface area contributed by atoms with Crippen LogP contribution in [0, 0.1) is 5.82 Å². The van der Waals surface area contributed by atoms with E-state index in [2.05, 4.69) is 5.32 Å². The van der Waals surface area contributed by atoms with Crippen molar-refractivity contribution in [3.8, 4) is 0 Å². The van der Waals surface area contributed by atoms with Crippen LogP contribution in [0.25, 0.3) is 0 Å². The minimum absolute atomic E-state index is 0.0234. The first-order valence-corrected chi connectivity index (χ1v) is 6.94. The number of hydrogen-bond donors (Lipinski definition) is 1. The number of rotatable bonds is 4. The number of nitrogens with one attached hydrogen (secondary N) is 1. The van der Waals surface area contributed by atoms with Crippen LogP contribution in [0.15, 0.2) is 18.2 Å². The van der Waals surface area contributed by atoms with E-state index in [0.717, 1.165) is 4.90 Å². The molecule has 1 fully saturated rings. The van der Waals surface area contributed by atoms with E-state index in [1.807, 2.05) is 0 Å². The van der Waals surface area contributed by atoms with Gasteiger partial charge in [0.25, 0.3) is 5.91 Å². The summed E-state index contributed by atoms with van der Waals surface area (Å²) >= 11 is 5.65. The van der Waals surface area contributed by atoms with Gasteiger partial charge in [-0.15, -0.1) is 0 Å². The van der Waals surface area contributed by atoms with Crippen molar-refractivity contribution in [2.45, 2.75) is 19.0 Å².